The molecule has 3 rings (SSSR count). The molecule has 2 aromatic carbocycles. The maximum atomic E-state index is 10.2. The van der Waals surface area contributed by atoms with Gasteiger partial charge in [-0.2, -0.15) is 0 Å². The number of ether oxygens (including phenoxy) is 3. The second-order valence-corrected chi connectivity index (χ2v) is 5.96. The molecular weight excluding hydrogens is 412 g/mol. The first-order valence-electron chi connectivity index (χ1n) is 8.42. The van der Waals surface area contributed by atoms with Crippen molar-refractivity contribution < 1.29 is 40.7 Å². The Balaban J connectivity index is 0.00000261. The zero-order valence-electron chi connectivity index (χ0n) is 16.1. The zero-order chi connectivity index (χ0) is 18.8. The van der Waals surface area contributed by atoms with Gasteiger partial charge in [-0.15, -0.1) is 0 Å². The Kier molecular flexibility index (Phi) is 6.54. The SMILES string of the molecule is CCc1c(C)[o+]c(-c2ccc(OC)c(OC)c2)c2cc(OC)c(O)cc12.[Br-]. The minimum Gasteiger partial charge on any atom is -1.00 e. The van der Waals surface area contributed by atoms with Crippen molar-refractivity contribution in [2.75, 3.05) is 21.3 Å². The first-order chi connectivity index (χ1) is 12.5. The molecule has 0 saturated carbocycles. The maximum absolute atomic E-state index is 10.2. The van der Waals surface area contributed by atoms with Crippen LogP contribution in [0.25, 0.3) is 22.1 Å². The van der Waals surface area contributed by atoms with Crippen LogP contribution in [-0.2, 0) is 6.42 Å². The van der Waals surface area contributed by atoms with Crippen molar-refractivity contribution in [2.45, 2.75) is 20.3 Å². The van der Waals surface area contributed by atoms with Gasteiger partial charge in [0.25, 0.3) is 0 Å². The zero-order valence-corrected chi connectivity index (χ0v) is 17.6. The molecule has 1 heterocycles. The number of hydrogen-bond donors (Lipinski definition) is 1. The predicted octanol–water partition coefficient (Wildman–Crippen LogP) is 1.99. The molecule has 0 aliphatic carbocycles. The number of phenolic OH excluding ortho intramolecular Hbond substituents is 1. The van der Waals surface area contributed by atoms with Gasteiger partial charge in [0.1, 0.15) is 0 Å². The van der Waals surface area contributed by atoms with E-state index in [0.29, 0.717) is 23.0 Å². The highest BCUT2D eigenvalue weighted by atomic mass is 79.9. The lowest BCUT2D eigenvalue weighted by atomic mass is 9.98. The topological polar surface area (TPSA) is 59.2 Å². The lowest BCUT2D eigenvalue weighted by Gasteiger charge is -2.10. The average molecular weight is 435 g/mol. The molecule has 5 nitrogen and oxygen atoms in total. The Labute approximate surface area is 169 Å². The van der Waals surface area contributed by atoms with E-state index in [9.17, 15) is 5.11 Å². The molecule has 0 aliphatic rings. The Morgan fingerprint density at radius 3 is 2.15 bits per heavy atom. The average Bonchev–Trinajstić information content (AvgIpc) is 2.66. The summed E-state index contributed by atoms with van der Waals surface area (Å²) in [7, 11) is 4.73. The molecule has 0 radical (unpaired) electrons. The molecule has 0 aliphatic heterocycles. The number of methoxy groups -OCH3 is 3. The third kappa shape index (κ3) is 3.67. The van der Waals surface area contributed by atoms with Crippen LogP contribution in [0.15, 0.2) is 34.7 Å². The van der Waals surface area contributed by atoms with Crippen LogP contribution in [0.3, 0.4) is 0 Å². The number of benzene rings is 2. The van der Waals surface area contributed by atoms with Crippen molar-refractivity contribution in [2.24, 2.45) is 0 Å². The fourth-order valence-corrected chi connectivity index (χ4v) is 3.26. The summed E-state index contributed by atoms with van der Waals surface area (Å²) in [6.45, 7) is 4.00. The molecule has 1 aromatic heterocycles. The number of fused-ring (bicyclic) bond motifs is 1. The van der Waals surface area contributed by atoms with Crippen molar-refractivity contribution >= 4 is 10.8 Å². The molecule has 0 unspecified atom stereocenters. The molecule has 3 aromatic rings. The van der Waals surface area contributed by atoms with Crippen molar-refractivity contribution in [3.05, 3.63) is 41.7 Å². The van der Waals surface area contributed by atoms with Crippen molar-refractivity contribution in [1.82, 2.24) is 0 Å². The molecule has 1 N–H and O–H groups in total. The smallest absolute Gasteiger partial charge is 0.368 e. The number of aryl methyl sites for hydroxylation is 2. The monoisotopic (exact) mass is 434 g/mol. The van der Waals surface area contributed by atoms with Crippen LogP contribution >= 0.6 is 0 Å². The highest BCUT2D eigenvalue weighted by Crippen LogP contribution is 2.41. The molecule has 6 heteroatoms. The fraction of sp³-hybridized carbons (Fsp3) is 0.286. The summed E-state index contributed by atoms with van der Waals surface area (Å²) in [5.41, 5.74) is 1.91. The van der Waals surface area contributed by atoms with Gasteiger partial charge in [0.2, 0.25) is 0 Å². The molecule has 0 bridgehead atoms. The van der Waals surface area contributed by atoms with Crippen LogP contribution in [0, 0.1) is 6.92 Å². The standard InChI is InChI=1S/C21H22O5.BrH/c1-6-14-12(2)26-21(13-7-8-18(23-3)20(9-13)25-5)16-11-19(24-4)17(22)10-15(14)16;/h7-11H,6H2,1-5H3;1H. The number of halogens is 1. The van der Waals surface area contributed by atoms with Gasteiger partial charge in [-0.25, -0.2) is 4.42 Å². The molecule has 0 fully saturated rings. The van der Waals surface area contributed by atoms with Crippen LogP contribution in [0.1, 0.15) is 18.2 Å². The highest BCUT2D eigenvalue weighted by Gasteiger charge is 2.26. The molecule has 0 spiro atoms. The molecular formula is C21H23BrO5. The van der Waals surface area contributed by atoms with E-state index in [-0.39, 0.29) is 22.7 Å². The van der Waals surface area contributed by atoms with E-state index in [1.54, 1.807) is 26.4 Å². The molecule has 27 heavy (non-hydrogen) atoms. The van der Waals surface area contributed by atoms with Crippen molar-refractivity contribution in [1.29, 1.82) is 0 Å². The second-order valence-electron chi connectivity index (χ2n) is 5.96. The van der Waals surface area contributed by atoms with Gasteiger partial charge in [0.05, 0.1) is 44.8 Å². The predicted molar refractivity (Wildman–Crippen MR) is 101 cm³/mol. The van der Waals surface area contributed by atoms with E-state index in [1.165, 1.54) is 7.11 Å². The van der Waals surface area contributed by atoms with Gasteiger partial charge >= 0.3 is 11.5 Å². The summed E-state index contributed by atoms with van der Waals surface area (Å²) in [5.74, 6) is 3.29. The van der Waals surface area contributed by atoms with E-state index in [0.717, 1.165) is 34.1 Å². The van der Waals surface area contributed by atoms with Gasteiger partial charge in [0, 0.05) is 17.5 Å². The minimum atomic E-state index is 0. The summed E-state index contributed by atoms with van der Waals surface area (Å²) < 4.78 is 22.2. The van der Waals surface area contributed by atoms with E-state index in [1.807, 2.05) is 25.1 Å². The quantitative estimate of drug-likeness (QED) is 0.622. The van der Waals surface area contributed by atoms with Gasteiger partial charge < -0.3 is 36.3 Å². The van der Waals surface area contributed by atoms with E-state index < -0.39 is 0 Å². The molecule has 0 amide bonds. The van der Waals surface area contributed by atoms with Crippen LogP contribution in [0.5, 0.6) is 23.0 Å². The van der Waals surface area contributed by atoms with Gasteiger partial charge in [0.15, 0.2) is 23.0 Å². The highest BCUT2D eigenvalue weighted by molar-refractivity contribution is 5.98. The maximum Gasteiger partial charge on any atom is 0.368 e. The van der Waals surface area contributed by atoms with E-state index in [2.05, 4.69) is 6.92 Å². The normalized spacial score (nSPS) is 10.4. The Hall–Kier alpha value is -2.47. The largest absolute Gasteiger partial charge is 1.00 e. The summed E-state index contributed by atoms with van der Waals surface area (Å²) >= 11 is 0. The second kappa shape index (κ2) is 8.48. The molecule has 0 saturated heterocycles. The van der Waals surface area contributed by atoms with Crippen molar-refractivity contribution in [3.63, 3.8) is 0 Å². The van der Waals surface area contributed by atoms with Gasteiger partial charge in [-0.3, -0.25) is 0 Å². The number of rotatable bonds is 5. The van der Waals surface area contributed by atoms with Crippen molar-refractivity contribution in [3.8, 4) is 34.3 Å². The number of aromatic hydroxyl groups is 1. The first kappa shape index (κ1) is 20.8. The third-order valence-electron chi connectivity index (χ3n) is 4.57. The summed E-state index contributed by atoms with van der Waals surface area (Å²) in [6, 6.07) is 9.18. The van der Waals surface area contributed by atoms with Crippen LogP contribution in [-0.4, -0.2) is 26.4 Å². The Morgan fingerprint density at radius 2 is 1.56 bits per heavy atom. The van der Waals surface area contributed by atoms with Crippen LogP contribution in [0.2, 0.25) is 0 Å². The first-order valence-corrected chi connectivity index (χ1v) is 8.42. The number of phenols is 1. The minimum absolute atomic E-state index is 0. The number of hydrogen-bond acceptors (Lipinski definition) is 4. The Bertz CT molecular complexity index is 969. The fourth-order valence-electron chi connectivity index (χ4n) is 3.26. The van der Waals surface area contributed by atoms with Crippen LogP contribution in [0.4, 0.5) is 0 Å². The molecule has 144 valence electrons. The van der Waals surface area contributed by atoms with E-state index >= 15 is 0 Å². The molecule has 0 atom stereocenters. The summed E-state index contributed by atoms with van der Waals surface area (Å²) in [5, 5.41) is 12.1. The lowest BCUT2D eigenvalue weighted by molar-refractivity contribution is -0.00000760. The third-order valence-corrected chi connectivity index (χ3v) is 4.57. The van der Waals surface area contributed by atoms with E-state index in [4.69, 9.17) is 18.6 Å². The lowest BCUT2D eigenvalue weighted by Crippen LogP contribution is -3.00. The van der Waals surface area contributed by atoms with Gasteiger partial charge in [-0.1, -0.05) is 6.92 Å². The summed E-state index contributed by atoms with van der Waals surface area (Å²) in [6.07, 6.45) is 0.795. The summed E-state index contributed by atoms with van der Waals surface area (Å²) in [4.78, 5) is 0. The van der Waals surface area contributed by atoms with Gasteiger partial charge in [-0.05, 0) is 24.6 Å². The van der Waals surface area contributed by atoms with Crippen LogP contribution < -0.4 is 31.2 Å². The Morgan fingerprint density at radius 1 is 0.889 bits per heavy atom.